The number of carboxylic acids is 1. The summed E-state index contributed by atoms with van der Waals surface area (Å²) in [6, 6.07) is -1.06. The summed E-state index contributed by atoms with van der Waals surface area (Å²) in [7, 11) is 0. The minimum Gasteiger partial charge on any atom is -0.480 e. The molecule has 1 amide bonds. The van der Waals surface area contributed by atoms with E-state index in [1.54, 1.807) is 20.8 Å². The molecule has 0 aliphatic rings. The predicted molar refractivity (Wildman–Crippen MR) is 75.8 cm³/mol. The highest BCUT2D eigenvalue weighted by molar-refractivity contribution is 14.1. The van der Waals surface area contributed by atoms with Crippen molar-refractivity contribution in [2.75, 3.05) is 0 Å². The molecule has 1 atom stereocenters. The zero-order chi connectivity index (χ0) is 14.6. The Bertz CT molecular complexity index is 467. The Labute approximate surface area is 124 Å². The topological polar surface area (TPSA) is 104 Å². The van der Waals surface area contributed by atoms with E-state index in [2.05, 4.69) is 15.3 Å². The maximum Gasteiger partial charge on any atom is 0.408 e. The first-order chi connectivity index (χ1) is 8.67. The molecule has 1 rings (SSSR count). The van der Waals surface area contributed by atoms with Gasteiger partial charge in [-0.2, -0.15) is 0 Å². The lowest BCUT2D eigenvalue weighted by atomic mass is 10.1. The molecule has 0 aliphatic heterocycles. The first-order valence-corrected chi connectivity index (χ1v) is 6.67. The number of nitrogens with zero attached hydrogens (tertiary/aromatic N) is 1. The Morgan fingerprint density at radius 3 is 2.63 bits per heavy atom. The van der Waals surface area contributed by atoms with Crippen molar-refractivity contribution < 1.29 is 19.4 Å². The van der Waals surface area contributed by atoms with Crippen LogP contribution < -0.4 is 5.32 Å². The molecule has 0 aromatic carbocycles. The van der Waals surface area contributed by atoms with Crippen LogP contribution in [-0.2, 0) is 16.0 Å². The molecular weight excluding hydrogens is 365 g/mol. The van der Waals surface area contributed by atoms with Crippen LogP contribution in [0.4, 0.5) is 4.79 Å². The van der Waals surface area contributed by atoms with Gasteiger partial charge in [-0.3, -0.25) is 0 Å². The highest BCUT2D eigenvalue weighted by Gasteiger charge is 2.24. The van der Waals surface area contributed by atoms with E-state index in [1.807, 2.05) is 22.6 Å². The van der Waals surface area contributed by atoms with E-state index in [-0.39, 0.29) is 6.42 Å². The summed E-state index contributed by atoms with van der Waals surface area (Å²) in [6.07, 6.45) is 0.896. The van der Waals surface area contributed by atoms with Gasteiger partial charge in [0.25, 0.3) is 0 Å². The van der Waals surface area contributed by atoms with Crippen LogP contribution in [0.3, 0.4) is 0 Å². The fourth-order valence-electron chi connectivity index (χ4n) is 1.31. The quantitative estimate of drug-likeness (QED) is 0.687. The van der Waals surface area contributed by atoms with Crippen LogP contribution in [0.25, 0.3) is 0 Å². The third-order valence-corrected chi connectivity index (χ3v) is 2.56. The molecule has 3 N–H and O–H groups in total. The van der Waals surface area contributed by atoms with Crippen molar-refractivity contribution >= 4 is 34.7 Å². The van der Waals surface area contributed by atoms with Crippen LogP contribution in [0.5, 0.6) is 0 Å². The minimum absolute atomic E-state index is 0.116. The van der Waals surface area contributed by atoms with Crippen LogP contribution in [0.15, 0.2) is 6.20 Å². The number of hydrogen-bond donors (Lipinski definition) is 3. The van der Waals surface area contributed by atoms with Gasteiger partial charge >= 0.3 is 12.1 Å². The Balaban J connectivity index is 2.63. The minimum atomic E-state index is -1.13. The maximum atomic E-state index is 11.5. The zero-order valence-corrected chi connectivity index (χ0v) is 13.0. The molecule has 1 aromatic heterocycles. The Morgan fingerprint density at radius 2 is 2.21 bits per heavy atom. The number of alkyl carbamates (subject to hydrolysis) is 1. The standard InChI is InChI=1S/C11H16IN3O4/c1-11(2,3)19-10(18)15-7(8(16)17)4-6-5-13-9(12)14-6/h5,7H,4H2,1-3H3,(H,13,14)(H,15,18)(H,16,17). The molecule has 0 saturated carbocycles. The third-order valence-electron chi connectivity index (χ3n) is 2.01. The number of aliphatic carboxylic acids is 1. The Hall–Kier alpha value is -1.32. The molecule has 0 fully saturated rings. The van der Waals surface area contributed by atoms with E-state index in [9.17, 15) is 9.59 Å². The van der Waals surface area contributed by atoms with Gasteiger partial charge in [0, 0.05) is 18.3 Å². The van der Waals surface area contributed by atoms with E-state index in [0.717, 1.165) is 0 Å². The van der Waals surface area contributed by atoms with Crippen molar-refractivity contribution in [3.63, 3.8) is 0 Å². The van der Waals surface area contributed by atoms with Gasteiger partial charge in [-0.15, -0.1) is 0 Å². The average molecular weight is 381 g/mol. The number of carbonyl (C=O) groups is 2. The molecule has 8 heteroatoms. The van der Waals surface area contributed by atoms with Crippen molar-refractivity contribution in [3.8, 4) is 0 Å². The molecule has 0 spiro atoms. The SMILES string of the molecule is CC(C)(C)OC(=O)NC(Cc1cnc(I)[nH]1)C(=O)O. The maximum absolute atomic E-state index is 11.5. The second kappa shape index (κ2) is 6.22. The molecule has 0 saturated heterocycles. The van der Waals surface area contributed by atoms with Gasteiger partial charge in [0.05, 0.1) is 0 Å². The second-order valence-corrected chi connectivity index (χ2v) is 5.96. The van der Waals surface area contributed by atoms with Crippen molar-refractivity contribution in [1.29, 1.82) is 0 Å². The summed E-state index contributed by atoms with van der Waals surface area (Å²) >= 11 is 1.98. The van der Waals surface area contributed by atoms with Gasteiger partial charge in [-0.1, -0.05) is 0 Å². The Morgan fingerprint density at radius 1 is 1.58 bits per heavy atom. The molecule has 1 unspecified atom stereocenters. The number of carboxylic acid groups (broad SMARTS) is 1. The number of halogens is 1. The van der Waals surface area contributed by atoms with E-state index in [4.69, 9.17) is 9.84 Å². The summed E-state index contributed by atoms with van der Waals surface area (Å²) < 4.78 is 5.68. The van der Waals surface area contributed by atoms with Crippen LogP contribution in [0.1, 0.15) is 26.5 Å². The van der Waals surface area contributed by atoms with Crippen LogP contribution >= 0.6 is 22.6 Å². The lowest BCUT2D eigenvalue weighted by molar-refractivity contribution is -0.139. The number of aromatic nitrogens is 2. The van der Waals surface area contributed by atoms with Crippen molar-refractivity contribution in [2.45, 2.75) is 38.8 Å². The highest BCUT2D eigenvalue weighted by atomic mass is 127. The average Bonchev–Trinajstić information content (AvgIpc) is 2.60. The summed E-state index contributed by atoms with van der Waals surface area (Å²) in [4.78, 5) is 29.5. The number of aromatic amines is 1. The van der Waals surface area contributed by atoms with Gasteiger partial charge in [0.15, 0.2) is 3.83 Å². The zero-order valence-electron chi connectivity index (χ0n) is 10.9. The molecule has 0 radical (unpaired) electrons. The second-order valence-electron chi connectivity index (χ2n) is 4.94. The molecule has 0 aliphatic carbocycles. The lowest BCUT2D eigenvalue weighted by Crippen LogP contribution is -2.44. The number of H-pyrrole nitrogens is 1. The number of imidazole rings is 1. The molecule has 106 valence electrons. The fraction of sp³-hybridized carbons (Fsp3) is 0.545. The summed E-state index contributed by atoms with van der Waals surface area (Å²) in [6.45, 7) is 5.12. The summed E-state index contributed by atoms with van der Waals surface area (Å²) in [5, 5.41) is 11.4. The van der Waals surface area contributed by atoms with Crippen molar-refractivity contribution in [1.82, 2.24) is 15.3 Å². The van der Waals surface area contributed by atoms with Crippen LogP contribution in [0.2, 0.25) is 0 Å². The highest BCUT2D eigenvalue weighted by Crippen LogP contribution is 2.08. The number of amides is 1. The van der Waals surface area contributed by atoms with Crippen LogP contribution in [0, 0.1) is 3.83 Å². The number of nitrogens with one attached hydrogen (secondary N) is 2. The molecule has 7 nitrogen and oxygen atoms in total. The monoisotopic (exact) mass is 381 g/mol. The summed E-state index contributed by atoms with van der Waals surface area (Å²) in [5.74, 6) is -1.13. The van der Waals surface area contributed by atoms with Gasteiger partial charge in [0.2, 0.25) is 0 Å². The van der Waals surface area contributed by atoms with E-state index in [0.29, 0.717) is 9.53 Å². The van der Waals surface area contributed by atoms with Gasteiger partial charge in [-0.05, 0) is 43.4 Å². The largest absolute Gasteiger partial charge is 0.480 e. The first kappa shape index (κ1) is 15.7. The van der Waals surface area contributed by atoms with Crippen molar-refractivity contribution in [2.24, 2.45) is 0 Å². The molecule has 19 heavy (non-hydrogen) atoms. The van der Waals surface area contributed by atoms with E-state index < -0.39 is 23.7 Å². The molecule has 1 aromatic rings. The van der Waals surface area contributed by atoms with Gasteiger partial charge in [-0.25, -0.2) is 14.6 Å². The Kier molecular flexibility index (Phi) is 5.15. The normalized spacial score (nSPS) is 12.8. The summed E-state index contributed by atoms with van der Waals surface area (Å²) in [5.41, 5.74) is -0.0379. The smallest absolute Gasteiger partial charge is 0.408 e. The molecule has 1 heterocycles. The molecular formula is C11H16IN3O4. The van der Waals surface area contributed by atoms with Crippen molar-refractivity contribution in [3.05, 3.63) is 15.7 Å². The number of hydrogen-bond acceptors (Lipinski definition) is 4. The van der Waals surface area contributed by atoms with E-state index >= 15 is 0 Å². The molecule has 0 bridgehead atoms. The number of rotatable bonds is 4. The van der Waals surface area contributed by atoms with Gasteiger partial charge in [0.1, 0.15) is 11.6 Å². The lowest BCUT2D eigenvalue weighted by Gasteiger charge is -2.21. The van der Waals surface area contributed by atoms with E-state index in [1.165, 1.54) is 6.20 Å². The van der Waals surface area contributed by atoms with Gasteiger partial charge < -0.3 is 20.1 Å². The fourth-order valence-corrected chi connectivity index (χ4v) is 1.79. The number of carbonyl (C=O) groups excluding carboxylic acids is 1. The van der Waals surface area contributed by atoms with Crippen LogP contribution in [-0.4, -0.2) is 38.8 Å². The first-order valence-electron chi connectivity index (χ1n) is 5.59. The third kappa shape index (κ3) is 5.90. The number of ether oxygens (including phenoxy) is 1. The predicted octanol–water partition coefficient (Wildman–Crippen LogP) is 1.53.